The number of hydrogen-bond acceptors (Lipinski definition) is 6. The highest BCUT2D eigenvalue weighted by molar-refractivity contribution is 7.45. The fraction of sp³-hybridized carbons (Fsp3) is 0.981. The van der Waals surface area contributed by atoms with Crippen LogP contribution in [0.3, 0.4) is 0 Å². The number of aliphatic hydroxyl groups excluding tert-OH is 1. The Labute approximate surface area is 387 Å². The van der Waals surface area contributed by atoms with E-state index in [4.69, 9.17) is 9.05 Å². The molecule has 0 saturated heterocycles. The maximum Gasteiger partial charge on any atom is 0.268 e. The molecule has 62 heavy (non-hydrogen) atoms. The summed E-state index contributed by atoms with van der Waals surface area (Å²) in [6.45, 7) is 4.77. The summed E-state index contributed by atoms with van der Waals surface area (Å²) in [5, 5.41) is 14.0. The van der Waals surface area contributed by atoms with Gasteiger partial charge < -0.3 is 28.8 Å². The molecule has 0 aliphatic heterocycles. The van der Waals surface area contributed by atoms with Gasteiger partial charge in [0.15, 0.2) is 0 Å². The van der Waals surface area contributed by atoms with Gasteiger partial charge in [-0.3, -0.25) is 9.36 Å². The zero-order valence-electron chi connectivity index (χ0n) is 42.4. The third kappa shape index (κ3) is 47.5. The quantitative estimate of drug-likeness (QED) is 0.0358. The summed E-state index contributed by atoms with van der Waals surface area (Å²) in [4.78, 5) is 25.5. The van der Waals surface area contributed by atoms with Crippen molar-refractivity contribution in [1.82, 2.24) is 5.32 Å². The minimum atomic E-state index is -4.56. The van der Waals surface area contributed by atoms with E-state index in [1.165, 1.54) is 218 Å². The molecule has 0 saturated carbocycles. The number of phosphoric ester groups is 1. The minimum Gasteiger partial charge on any atom is -0.756 e. The van der Waals surface area contributed by atoms with Crippen LogP contribution in [0.4, 0.5) is 0 Å². The summed E-state index contributed by atoms with van der Waals surface area (Å²) in [6, 6.07) is -0.794. The Bertz CT molecular complexity index is 978. The second-order valence-corrected chi connectivity index (χ2v) is 21.7. The van der Waals surface area contributed by atoms with Gasteiger partial charge in [0.25, 0.3) is 7.82 Å². The van der Waals surface area contributed by atoms with Gasteiger partial charge in [-0.1, -0.05) is 264 Å². The van der Waals surface area contributed by atoms with E-state index in [1.807, 2.05) is 21.1 Å². The molecular formula is C53H109N2O6P. The van der Waals surface area contributed by atoms with Crippen LogP contribution in [0.25, 0.3) is 0 Å². The predicted molar refractivity (Wildman–Crippen MR) is 266 cm³/mol. The van der Waals surface area contributed by atoms with Crippen LogP contribution in [0.15, 0.2) is 0 Å². The molecule has 0 aromatic rings. The predicted octanol–water partition coefficient (Wildman–Crippen LogP) is 15.5. The molecule has 0 radical (unpaired) electrons. The van der Waals surface area contributed by atoms with E-state index in [1.54, 1.807) is 0 Å². The number of carbonyl (C=O) groups is 1. The van der Waals surface area contributed by atoms with Crippen molar-refractivity contribution >= 4 is 13.7 Å². The fourth-order valence-corrected chi connectivity index (χ4v) is 9.24. The Morgan fingerprint density at radius 3 is 1.10 bits per heavy atom. The molecule has 1 amide bonds. The largest absolute Gasteiger partial charge is 0.756 e. The number of phosphoric acid groups is 1. The molecule has 3 unspecified atom stereocenters. The summed E-state index contributed by atoms with van der Waals surface area (Å²) in [6.07, 6.45) is 52.6. The molecule has 0 aromatic carbocycles. The second-order valence-electron chi connectivity index (χ2n) is 20.3. The zero-order chi connectivity index (χ0) is 45.7. The van der Waals surface area contributed by atoms with E-state index in [9.17, 15) is 19.4 Å². The van der Waals surface area contributed by atoms with Crippen molar-refractivity contribution in [3.63, 3.8) is 0 Å². The Hall–Kier alpha value is -0.500. The van der Waals surface area contributed by atoms with Crippen LogP contribution in [0, 0.1) is 0 Å². The molecule has 0 aliphatic rings. The van der Waals surface area contributed by atoms with E-state index < -0.39 is 20.0 Å². The molecule has 9 heteroatoms. The molecule has 0 bridgehead atoms. The fourth-order valence-electron chi connectivity index (χ4n) is 8.51. The van der Waals surface area contributed by atoms with Crippen LogP contribution >= 0.6 is 7.82 Å². The molecule has 0 heterocycles. The highest BCUT2D eigenvalue weighted by Crippen LogP contribution is 2.38. The molecule has 0 aliphatic carbocycles. The average Bonchev–Trinajstić information content (AvgIpc) is 3.23. The second kappa shape index (κ2) is 45.6. The van der Waals surface area contributed by atoms with Gasteiger partial charge in [0, 0.05) is 6.42 Å². The monoisotopic (exact) mass is 901 g/mol. The van der Waals surface area contributed by atoms with Gasteiger partial charge >= 0.3 is 0 Å². The lowest BCUT2D eigenvalue weighted by atomic mass is 10.0. The summed E-state index contributed by atoms with van der Waals surface area (Å²) in [5.41, 5.74) is 0. The Kier molecular flexibility index (Phi) is 45.3. The van der Waals surface area contributed by atoms with Gasteiger partial charge in [-0.05, 0) is 12.8 Å². The number of amides is 1. The smallest absolute Gasteiger partial charge is 0.268 e. The zero-order valence-corrected chi connectivity index (χ0v) is 43.3. The van der Waals surface area contributed by atoms with Crippen LogP contribution in [-0.2, 0) is 18.4 Å². The first kappa shape index (κ1) is 61.5. The minimum absolute atomic E-state index is 0.0165. The van der Waals surface area contributed by atoms with E-state index in [-0.39, 0.29) is 19.1 Å². The van der Waals surface area contributed by atoms with Crippen LogP contribution in [0.2, 0.25) is 0 Å². The third-order valence-corrected chi connectivity index (χ3v) is 13.8. The number of nitrogens with one attached hydrogen (secondary N) is 1. The molecule has 0 rings (SSSR count). The van der Waals surface area contributed by atoms with E-state index in [2.05, 4.69) is 19.2 Å². The average molecular weight is 901 g/mol. The number of hydrogen-bond donors (Lipinski definition) is 2. The highest BCUT2D eigenvalue weighted by Gasteiger charge is 2.24. The van der Waals surface area contributed by atoms with Crippen LogP contribution in [-0.4, -0.2) is 68.5 Å². The molecule has 2 N–H and O–H groups in total. The maximum absolute atomic E-state index is 12.9. The summed E-state index contributed by atoms with van der Waals surface area (Å²) < 4.78 is 23.4. The summed E-state index contributed by atoms with van der Waals surface area (Å²) in [7, 11) is 1.32. The van der Waals surface area contributed by atoms with Gasteiger partial charge in [-0.2, -0.15) is 0 Å². The lowest BCUT2D eigenvalue weighted by molar-refractivity contribution is -0.870. The normalized spacial score (nSPS) is 14.0. The van der Waals surface area contributed by atoms with E-state index in [0.29, 0.717) is 23.9 Å². The van der Waals surface area contributed by atoms with Crippen molar-refractivity contribution in [1.29, 1.82) is 0 Å². The van der Waals surface area contributed by atoms with Gasteiger partial charge in [0.05, 0.1) is 39.9 Å². The van der Waals surface area contributed by atoms with Crippen molar-refractivity contribution in [2.24, 2.45) is 0 Å². The number of quaternary nitrogens is 1. The standard InChI is InChI=1S/C53H109N2O6P/c1-6-8-10-12-14-16-18-20-22-24-25-26-27-28-29-31-32-34-36-38-40-42-44-46-52(56)51(50-61-62(58,59)60-49-48-55(3,4)5)54-53(57)47-45-43-41-39-37-35-33-30-23-21-19-17-15-13-11-9-7-2/h51-52,56H,6-50H2,1-5H3,(H-,54,57,58,59). The van der Waals surface area contributed by atoms with Gasteiger partial charge in [-0.25, -0.2) is 0 Å². The Morgan fingerprint density at radius 1 is 0.500 bits per heavy atom. The number of nitrogens with zero attached hydrogens (tertiary/aromatic N) is 1. The van der Waals surface area contributed by atoms with Crippen molar-refractivity contribution in [2.75, 3.05) is 40.9 Å². The summed E-state index contributed by atoms with van der Waals surface area (Å²) >= 11 is 0. The molecule has 3 atom stereocenters. The SMILES string of the molecule is CCCCCCCCCCCCCCCCCCCCCCCCCC(O)C(COP(=O)([O-])OCC[N+](C)(C)C)NC(=O)CCCCCCCCCCCCCCCCCCC. The first-order valence-corrected chi connectivity index (χ1v) is 28.8. The number of carbonyl (C=O) groups excluding carboxylic acids is 1. The first-order valence-electron chi connectivity index (χ1n) is 27.4. The van der Waals surface area contributed by atoms with Gasteiger partial charge in [0.1, 0.15) is 13.2 Å². The van der Waals surface area contributed by atoms with Crippen molar-refractivity contribution in [3.05, 3.63) is 0 Å². The van der Waals surface area contributed by atoms with Gasteiger partial charge in [0.2, 0.25) is 5.91 Å². The third-order valence-electron chi connectivity index (χ3n) is 12.8. The highest BCUT2D eigenvalue weighted by atomic mass is 31.2. The van der Waals surface area contributed by atoms with E-state index in [0.717, 1.165) is 38.5 Å². The van der Waals surface area contributed by atoms with Gasteiger partial charge in [-0.15, -0.1) is 0 Å². The van der Waals surface area contributed by atoms with Crippen molar-refractivity contribution in [2.45, 2.75) is 296 Å². The molecule has 0 spiro atoms. The maximum atomic E-state index is 12.9. The Balaban J connectivity index is 4.16. The molecule has 0 aromatic heterocycles. The van der Waals surface area contributed by atoms with Crippen molar-refractivity contribution < 1.29 is 32.9 Å². The number of unbranched alkanes of at least 4 members (excludes halogenated alkanes) is 38. The lowest BCUT2D eigenvalue weighted by Crippen LogP contribution is -2.46. The molecule has 8 nitrogen and oxygen atoms in total. The lowest BCUT2D eigenvalue weighted by Gasteiger charge is -2.30. The van der Waals surface area contributed by atoms with E-state index >= 15 is 0 Å². The number of likely N-dealkylation sites (N-methyl/N-ethyl adjacent to an activating group) is 1. The van der Waals surface area contributed by atoms with Crippen LogP contribution in [0.1, 0.15) is 284 Å². The van der Waals surface area contributed by atoms with Crippen LogP contribution in [0.5, 0.6) is 0 Å². The Morgan fingerprint density at radius 2 is 0.790 bits per heavy atom. The summed E-state index contributed by atoms with van der Waals surface area (Å²) in [5.74, 6) is -0.158. The molecule has 0 fully saturated rings. The number of rotatable bonds is 51. The molecular weight excluding hydrogens is 792 g/mol. The number of aliphatic hydroxyl groups is 1. The first-order chi connectivity index (χ1) is 30.0. The molecule has 372 valence electrons. The van der Waals surface area contributed by atoms with Crippen molar-refractivity contribution in [3.8, 4) is 0 Å². The van der Waals surface area contributed by atoms with Crippen LogP contribution < -0.4 is 10.2 Å². The topological polar surface area (TPSA) is 108 Å².